The number of sulfonamides is 1. The van der Waals surface area contributed by atoms with Gasteiger partial charge in [-0.1, -0.05) is 48.5 Å². The van der Waals surface area contributed by atoms with Crippen LogP contribution in [-0.2, 0) is 24.7 Å². The van der Waals surface area contributed by atoms with E-state index in [2.05, 4.69) is 19.9 Å². The van der Waals surface area contributed by atoms with Gasteiger partial charge in [-0.25, -0.2) is 31.1 Å². The normalized spacial score (nSPS) is 16.3. The zero-order valence-corrected chi connectivity index (χ0v) is 22.7. The van der Waals surface area contributed by atoms with Crippen molar-refractivity contribution in [1.82, 2.24) is 19.9 Å². The highest BCUT2D eigenvalue weighted by molar-refractivity contribution is 7.91. The average molecular weight is 586 g/mol. The second-order valence-electron chi connectivity index (χ2n) is 9.27. The van der Waals surface area contributed by atoms with Crippen LogP contribution in [0.4, 0.5) is 10.1 Å². The summed E-state index contributed by atoms with van der Waals surface area (Å²) in [6.45, 7) is 0.0733. The summed E-state index contributed by atoms with van der Waals surface area (Å²) in [5, 5.41) is 5.99. The minimum atomic E-state index is -4.22. The van der Waals surface area contributed by atoms with Gasteiger partial charge >= 0.3 is 5.69 Å². The standard InChI is InChI=1S/C26H24FN5O6S2/c1-39(35,36)23-19(16-7-3-2-4-8-16)12-13-21(22(23)27)32-14-6-11-20(25(32)33)31-40(37,38)18-10-5-9-17(15-18)24-28-26(34)30-29-24/h2-5,7-10,12-13,15,20,31H,6,11,14H2,1H3,(H2,28,29,30,34). The molecule has 40 heavy (non-hydrogen) atoms. The number of piperidine rings is 1. The number of anilines is 1. The van der Waals surface area contributed by atoms with Crippen molar-refractivity contribution < 1.29 is 26.0 Å². The van der Waals surface area contributed by atoms with E-state index in [1.165, 1.54) is 30.3 Å². The van der Waals surface area contributed by atoms with E-state index in [1.807, 2.05) is 0 Å². The number of benzene rings is 3. The van der Waals surface area contributed by atoms with Gasteiger partial charge in [-0.05, 0) is 36.6 Å². The molecule has 4 aromatic rings. The molecule has 1 atom stereocenters. The predicted molar refractivity (Wildman–Crippen MR) is 145 cm³/mol. The zero-order valence-electron chi connectivity index (χ0n) is 21.1. The lowest BCUT2D eigenvalue weighted by Crippen LogP contribution is -2.52. The highest BCUT2D eigenvalue weighted by Gasteiger charge is 2.36. The van der Waals surface area contributed by atoms with Crippen LogP contribution in [-0.4, -0.2) is 56.8 Å². The molecule has 1 unspecified atom stereocenters. The summed E-state index contributed by atoms with van der Waals surface area (Å²) in [7, 11) is -8.27. The fourth-order valence-electron chi connectivity index (χ4n) is 4.66. The highest BCUT2D eigenvalue weighted by Crippen LogP contribution is 2.36. The second kappa shape index (κ2) is 10.4. The average Bonchev–Trinajstić information content (AvgIpc) is 3.36. The third-order valence-electron chi connectivity index (χ3n) is 6.48. The Balaban J connectivity index is 1.46. The fourth-order valence-corrected chi connectivity index (χ4v) is 6.94. The number of amides is 1. The quantitative estimate of drug-likeness (QED) is 0.300. The number of nitrogens with one attached hydrogen (secondary N) is 3. The van der Waals surface area contributed by atoms with E-state index in [0.717, 1.165) is 11.2 Å². The molecule has 208 valence electrons. The van der Waals surface area contributed by atoms with E-state index in [-0.39, 0.29) is 34.9 Å². The van der Waals surface area contributed by atoms with E-state index >= 15 is 4.39 Å². The lowest BCUT2D eigenvalue weighted by molar-refractivity contribution is -0.121. The molecule has 3 aromatic carbocycles. The molecule has 14 heteroatoms. The molecule has 2 heterocycles. The van der Waals surface area contributed by atoms with Crippen LogP contribution in [0.5, 0.6) is 0 Å². The van der Waals surface area contributed by atoms with Crippen LogP contribution in [0.1, 0.15) is 12.8 Å². The van der Waals surface area contributed by atoms with Crippen molar-refractivity contribution in [2.45, 2.75) is 28.7 Å². The van der Waals surface area contributed by atoms with E-state index in [0.29, 0.717) is 17.5 Å². The summed E-state index contributed by atoms with van der Waals surface area (Å²) in [6.07, 6.45) is 1.38. The molecule has 5 rings (SSSR count). The lowest BCUT2D eigenvalue weighted by atomic mass is 10.0. The predicted octanol–water partition coefficient (Wildman–Crippen LogP) is 2.45. The first-order valence-corrected chi connectivity index (χ1v) is 15.5. The summed E-state index contributed by atoms with van der Waals surface area (Å²) in [5.41, 5.74) is 0.164. The third-order valence-corrected chi connectivity index (χ3v) is 9.09. The van der Waals surface area contributed by atoms with E-state index < -0.39 is 48.2 Å². The third kappa shape index (κ3) is 5.33. The first kappa shape index (κ1) is 27.4. The fraction of sp³-hybridized carbons (Fsp3) is 0.192. The number of rotatable bonds is 7. The van der Waals surface area contributed by atoms with E-state index in [9.17, 15) is 26.4 Å². The van der Waals surface area contributed by atoms with Crippen molar-refractivity contribution in [2.24, 2.45) is 0 Å². The number of halogens is 1. The molecule has 1 amide bonds. The van der Waals surface area contributed by atoms with Crippen molar-refractivity contribution in [1.29, 1.82) is 0 Å². The highest BCUT2D eigenvalue weighted by atomic mass is 32.2. The van der Waals surface area contributed by atoms with Crippen LogP contribution >= 0.6 is 0 Å². The van der Waals surface area contributed by atoms with Gasteiger partial charge in [0.2, 0.25) is 15.9 Å². The monoisotopic (exact) mass is 585 g/mol. The summed E-state index contributed by atoms with van der Waals surface area (Å²) >= 11 is 0. The molecular formula is C26H24FN5O6S2. The Labute approximate surface area is 229 Å². The molecule has 1 aromatic heterocycles. The summed E-state index contributed by atoms with van der Waals surface area (Å²) in [4.78, 5) is 27.6. The molecule has 1 aliphatic heterocycles. The number of aromatic nitrogens is 3. The smallest absolute Gasteiger partial charge is 0.308 e. The molecule has 3 N–H and O–H groups in total. The lowest BCUT2D eigenvalue weighted by Gasteiger charge is -2.33. The van der Waals surface area contributed by atoms with E-state index in [1.54, 1.807) is 36.4 Å². The maximum atomic E-state index is 15.9. The van der Waals surface area contributed by atoms with Gasteiger partial charge in [0.25, 0.3) is 0 Å². The van der Waals surface area contributed by atoms with Crippen molar-refractivity contribution in [2.75, 3.05) is 17.7 Å². The van der Waals surface area contributed by atoms with Gasteiger partial charge in [-0.15, -0.1) is 0 Å². The SMILES string of the molecule is CS(=O)(=O)c1c(-c2ccccc2)ccc(N2CCCC(NS(=O)(=O)c3cccc(-c4n[nH]c(=O)[nH]4)c3)C2=O)c1F. The number of aromatic amines is 2. The Bertz CT molecular complexity index is 1870. The molecule has 0 spiro atoms. The van der Waals surface area contributed by atoms with Crippen LogP contribution in [0.15, 0.2) is 81.3 Å². The summed E-state index contributed by atoms with van der Waals surface area (Å²) in [5.74, 6) is -1.66. The second-order valence-corrected chi connectivity index (χ2v) is 12.9. The Morgan fingerprint density at radius 1 is 0.975 bits per heavy atom. The number of hydrogen-bond acceptors (Lipinski definition) is 7. The largest absolute Gasteiger partial charge is 0.340 e. The Kier molecular flexibility index (Phi) is 7.16. The minimum absolute atomic E-state index is 0.0733. The first-order valence-electron chi connectivity index (χ1n) is 12.1. The van der Waals surface area contributed by atoms with Gasteiger partial charge in [0.1, 0.15) is 10.9 Å². The molecule has 0 aliphatic carbocycles. The van der Waals surface area contributed by atoms with Crippen molar-refractivity contribution >= 4 is 31.5 Å². The van der Waals surface area contributed by atoms with Crippen LogP contribution < -0.4 is 15.3 Å². The molecule has 1 saturated heterocycles. The number of sulfone groups is 1. The van der Waals surface area contributed by atoms with Crippen molar-refractivity contribution in [3.8, 4) is 22.5 Å². The van der Waals surface area contributed by atoms with Crippen molar-refractivity contribution in [3.63, 3.8) is 0 Å². The van der Waals surface area contributed by atoms with Crippen molar-refractivity contribution in [3.05, 3.63) is 83.0 Å². The van der Waals surface area contributed by atoms with Crippen LogP contribution in [0.25, 0.3) is 22.5 Å². The van der Waals surface area contributed by atoms with Crippen LogP contribution in [0, 0.1) is 5.82 Å². The van der Waals surface area contributed by atoms with Gasteiger partial charge in [0.05, 0.1) is 10.6 Å². The van der Waals surface area contributed by atoms with Crippen LogP contribution in [0.2, 0.25) is 0 Å². The van der Waals surface area contributed by atoms with E-state index in [4.69, 9.17) is 0 Å². The molecule has 11 nitrogen and oxygen atoms in total. The summed E-state index contributed by atoms with van der Waals surface area (Å²) < 4.78 is 69.9. The molecule has 0 radical (unpaired) electrons. The van der Waals surface area contributed by atoms with Gasteiger partial charge in [0.15, 0.2) is 21.5 Å². The number of hydrogen-bond donors (Lipinski definition) is 3. The molecule has 1 fully saturated rings. The zero-order chi connectivity index (χ0) is 28.7. The molecule has 0 saturated carbocycles. The topological polar surface area (TPSA) is 162 Å². The maximum Gasteiger partial charge on any atom is 0.340 e. The maximum absolute atomic E-state index is 15.9. The minimum Gasteiger partial charge on any atom is -0.308 e. The Morgan fingerprint density at radius 3 is 2.38 bits per heavy atom. The summed E-state index contributed by atoms with van der Waals surface area (Å²) in [6, 6.07) is 15.6. The number of carbonyl (C=O) groups is 1. The molecule has 1 aliphatic rings. The van der Waals surface area contributed by atoms with Gasteiger partial charge < -0.3 is 4.90 Å². The Hall–Kier alpha value is -4.14. The molecular weight excluding hydrogens is 561 g/mol. The van der Waals surface area contributed by atoms with Gasteiger partial charge in [-0.3, -0.25) is 9.78 Å². The van der Waals surface area contributed by atoms with Gasteiger partial charge in [0, 0.05) is 23.9 Å². The first-order chi connectivity index (χ1) is 19.0. The van der Waals surface area contributed by atoms with Crippen LogP contribution in [0.3, 0.4) is 0 Å². The van der Waals surface area contributed by atoms with Gasteiger partial charge in [-0.2, -0.15) is 9.82 Å². The number of nitrogens with zero attached hydrogens (tertiary/aromatic N) is 2. The number of H-pyrrole nitrogens is 2. The Morgan fingerprint density at radius 2 is 1.70 bits per heavy atom. The number of carbonyl (C=O) groups excluding carboxylic acids is 1. The molecule has 0 bridgehead atoms.